The van der Waals surface area contributed by atoms with Gasteiger partial charge in [-0.05, 0) is 25.1 Å². The van der Waals surface area contributed by atoms with Crippen LogP contribution in [0, 0.1) is 0 Å². The molecule has 2 rings (SSSR count). The number of carbonyl (C=O) groups is 1. The van der Waals surface area contributed by atoms with E-state index in [2.05, 4.69) is 25.6 Å². The molecule has 1 amide bonds. The van der Waals surface area contributed by atoms with E-state index in [4.69, 9.17) is 0 Å². The number of aromatic nitrogens is 3. The van der Waals surface area contributed by atoms with Crippen LogP contribution in [-0.4, -0.2) is 27.4 Å². The van der Waals surface area contributed by atoms with E-state index in [1.165, 1.54) is 0 Å². The zero-order valence-corrected chi connectivity index (χ0v) is 9.92. The SMILES string of the molecule is CCNc1ncccc1C(=O)Nc1ncccn1. The molecule has 0 atom stereocenters. The van der Waals surface area contributed by atoms with Gasteiger partial charge in [0.1, 0.15) is 5.82 Å². The standard InChI is InChI=1S/C12H13N5O/c1-2-13-10-9(5-3-6-14-10)11(18)17-12-15-7-4-8-16-12/h3-8H,2H2,1H3,(H,13,14)(H,15,16,17,18). The van der Waals surface area contributed by atoms with Crippen molar-refractivity contribution < 1.29 is 4.79 Å². The van der Waals surface area contributed by atoms with Crippen molar-refractivity contribution >= 4 is 17.7 Å². The lowest BCUT2D eigenvalue weighted by atomic mass is 10.2. The van der Waals surface area contributed by atoms with Crippen molar-refractivity contribution in [2.24, 2.45) is 0 Å². The largest absolute Gasteiger partial charge is 0.370 e. The Morgan fingerprint density at radius 1 is 1.17 bits per heavy atom. The molecule has 0 radical (unpaired) electrons. The second-order valence-corrected chi connectivity index (χ2v) is 3.46. The summed E-state index contributed by atoms with van der Waals surface area (Å²) in [4.78, 5) is 24.0. The third-order valence-electron chi connectivity index (χ3n) is 2.19. The molecule has 2 aromatic heterocycles. The van der Waals surface area contributed by atoms with E-state index in [1.807, 2.05) is 6.92 Å². The summed E-state index contributed by atoms with van der Waals surface area (Å²) in [7, 11) is 0. The zero-order valence-electron chi connectivity index (χ0n) is 9.92. The van der Waals surface area contributed by atoms with Gasteiger partial charge in [-0.2, -0.15) is 0 Å². The van der Waals surface area contributed by atoms with Crippen molar-refractivity contribution in [3.8, 4) is 0 Å². The molecule has 6 nitrogen and oxygen atoms in total. The molecule has 92 valence electrons. The van der Waals surface area contributed by atoms with Crippen LogP contribution in [-0.2, 0) is 0 Å². The lowest BCUT2D eigenvalue weighted by Crippen LogP contribution is -2.17. The first-order chi connectivity index (χ1) is 8.81. The van der Waals surface area contributed by atoms with Gasteiger partial charge in [-0.3, -0.25) is 10.1 Å². The van der Waals surface area contributed by atoms with Crippen LogP contribution in [0.15, 0.2) is 36.8 Å². The number of nitrogens with one attached hydrogen (secondary N) is 2. The second-order valence-electron chi connectivity index (χ2n) is 3.46. The van der Waals surface area contributed by atoms with E-state index in [-0.39, 0.29) is 11.9 Å². The molecular formula is C12H13N5O. The summed E-state index contributed by atoms with van der Waals surface area (Å²) < 4.78 is 0. The van der Waals surface area contributed by atoms with Crippen LogP contribution in [0.4, 0.5) is 11.8 Å². The fourth-order valence-corrected chi connectivity index (χ4v) is 1.43. The lowest BCUT2D eigenvalue weighted by molar-refractivity contribution is 0.102. The molecule has 0 fully saturated rings. The summed E-state index contributed by atoms with van der Waals surface area (Å²) in [6.45, 7) is 2.63. The fraction of sp³-hybridized carbons (Fsp3) is 0.167. The predicted octanol–water partition coefficient (Wildman–Crippen LogP) is 1.56. The minimum absolute atomic E-state index is 0.272. The molecule has 0 spiro atoms. The van der Waals surface area contributed by atoms with Gasteiger partial charge in [0.15, 0.2) is 0 Å². The van der Waals surface area contributed by atoms with Crippen molar-refractivity contribution in [2.45, 2.75) is 6.92 Å². The van der Waals surface area contributed by atoms with Gasteiger partial charge >= 0.3 is 0 Å². The lowest BCUT2D eigenvalue weighted by Gasteiger charge is -2.08. The average Bonchev–Trinajstić information content (AvgIpc) is 2.41. The maximum Gasteiger partial charge on any atom is 0.261 e. The Bertz CT molecular complexity index is 529. The Kier molecular flexibility index (Phi) is 3.80. The van der Waals surface area contributed by atoms with Crippen LogP contribution in [0.2, 0.25) is 0 Å². The molecule has 0 aromatic carbocycles. The third kappa shape index (κ3) is 2.79. The number of carbonyl (C=O) groups excluding carboxylic acids is 1. The maximum atomic E-state index is 12.0. The molecule has 0 aliphatic heterocycles. The van der Waals surface area contributed by atoms with E-state index in [9.17, 15) is 4.79 Å². The smallest absolute Gasteiger partial charge is 0.261 e. The highest BCUT2D eigenvalue weighted by Gasteiger charge is 2.12. The summed E-state index contributed by atoms with van der Waals surface area (Å²) >= 11 is 0. The van der Waals surface area contributed by atoms with E-state index >= 15 is 0 Å². The van der Waals surface area contributed by atoms with Gasteiger partial charge in [-0.1, -0.05) is 0 Å². The Hall–Kier alpha value is -2.50. The van der Waals surface area contributed by atoms with Gasteiger partial charge in [-0.25, -0.2) is 15.0 Å². The molecule has 0 bridgehead atoms. The van der Waals surface area contributed by atoms with Crippen LogP contribution in [0.25, 0.3) is 0 Å². The first-order valence-electron chi connectivity index (χ1n) is 5.58. The number of hydrogen-bond acceptors (Lipinski definition) is 5. The van der Waals surface area contributed by atoms with Gasteiger partial charge in [-0.15, -0.1) is 0 Å². The Balaban J connectivity index is 2.19. The Morgan fingerprint density at radius 2 is 1.89 bits per heavy atom. The van der Waals surface area contributed by atoms with Crippen LogP contribution in [0.5, 0.6) is 0 Å². The van der Waals surface area contributed by atoms with Crippen LogP contribution < -0.4 is 10.6 Å². The molecule has 0 saturated heterocycles. The van der Waals surface area contributed by atoms with Gasteiger partial charge in [0.05, 0.1) is 5.56 Å². The fourth-order valence-electron chi connectivity index (χ4n) is 1.43. The third-order valence-corrected chi connectivity index (χ3v) is 2.19. The molecule has 6 heteroatoms. The number of hydrogen-bond donors (Lipinski definition) is 2. The van der Waals surface area contributed by atoms with Crippen molar-refractivity contribution in [1.82, 2.24) is 15.0 Å². The number of pyridine rings is 1. The van der Waals surface area contributed by atoms with Crippen LogP contribution >= 0.6 is 0 Å². The monoisotopic (exact) mass is 243 g/mol. The predicted molar refractivity (Wildman–Crippen MR) is 68.4 cm³/mol. The van der Waals surface area contributed by atoms with Gasteiger partial charge < -0.3 is 5.32 Å². The number of nitrogens with zero attached hydrogens (tertiary/aromatic N) is 3. The van der Waals surface area contributed by atoms with Crippen molar-refractivity contribution in [3.05, 3.63) is 42.4 Å². The number of anilines is 2. The first kappa shape index (κ1) is 12.0. The van der Waals surface area contributed by atoms with E-state index in [0.717, 1.165) is 0 Å². The Labute approximate surface area is 105 Å². The quantitative estimate of drug-likeness (QED) is 0.851. The maximum absolute atomic E-state index is 12.0. The normalized spacial score (nSPS) is 9.83. The summed E-state index contributed by atoms with van der Waals surface area (Å²) in [5.41, 5.74) is 0.465. The summed E-state index contributed by atoms with van der Waals surface area (Å²) in [5, 5.41) is 5.65. The highest BCUT2D eigenvalue weighted by Crippen LogP contribution is 2.12. The highest BCUT2D eigenvalue weighted by atomic mass is 16.1. The summed E-state index contributed by atoms with van der Waals surface area (Å²) in [6, 6.07) is 5.09. The van der Waals surface area contributed by atoms with Gasteiger partial charge in [0.25, 0.3) is 5.91 Å². The molecule has 2 aromatic rings. The van der Waals surface area contributed by atoms with E-state index in [0.29, 0.717) is 17.9 Å². The van der Waals surface area contributed by atoms with Crippen molar-refractivity contribution in [3.63, 3.8) is 0 Å². The number of amides is 1. The first-order valence-corrected chi connectivity index (χ1v) is 5.58. The van der Waals surface area contributed by atoms with Crippen LogP contribution in [0.1, 0.15) is 17.3 Å². The minimum atomic E-state index is -0.287. The molecule has 0 unspecified atom stereocenters. The Morgan fingerprint density at radius 3 is 2.61 bits per heavy atom. The molecule has 0 saturated carbocycles. The summed E-state index contributed by atoms with van der Waals surface area (Å²) in [5.74, 6) is 0.535. The topological polar surface area (TPSA) is 79.8 Å². The van der Waals surface area contributed by atoms with E-state index in [1.54, 1.807) is 36.8 Å². The zero-order chi connectivity index (χ0) is 12.8. The average molecular weight is 243 g/mol. The molecule has 0 aliphatic carbocycles. The minimum Gasteiger partial charge on any atom is -0.370 e. The molecular weight excluding hydrogens is 230 g/mol. The molecule has 18 heavy (non-hydrogen) atoms. The van der Waals surface area contributed by atoms with E-state index < -0.39 is 0 Å². The highest BCUT2D eigenvalue weighted by molar-refractivity contribution is 6.06. The molecule has 0 aliphatic rings. The number of rotatable bonds is 4. The van der Waals surface area contributed by atoms with Gasteiger partial charge in [0.2, 0.25) is 5.95 Å². The summed E-state index contributed by atoms with van der Waals surface area (Å²) in [6.07, 6.45) is 4.77. The molecule has 2 N–H and O–H groups in total. The van der Waals surface area contributed by atoms with Gasteiger partial charge in [0, 0.05) is 25.1 Å². The van der Waals surface area contributed by atoms with Crippen LogP contribution in [0.3, 0.4) is 0 Å². The molecule has 2 heterocycles. The second kappa shape index (κ2) is 5.72. The van der Waals surface area contributed by atoms with Crippen molar-refractivity contribution in [2.75, 3.05) is 17.2 Å². The van der Waals surface area contributed by atoms with Crippen molar-refractivity contribution in [1.29, 1.82) is 0 Å².